The largest absolute Gasteiger partial charge is 0.484 e. The number of aromatic nitrogens is 2. The van der Waals surface area contributed by atoms with Gasteiger partial charge in [-0.1, -0.05) is 32.9 Å². The Kier molecular flexibility index (Phi) is 6.00. The number of nitrogens with one attached hydrogen (secondary N) is 3. The van der Waals surface area contributed by atoms with E-state index in [1.807, 2.05) is 44.2 Å². The van der Waals surface area contributed by atoms with E-state index in [2.05, 4.69) is 34.9 Å². The highest BCUT2D eigenvalue weighted by atomic mass is 16.5. The third-order valence-electron chi connectivity index (χ3n) is 6.04. The molecule has 1 saturated carbocycles. The number of hydrogen-bond donors (Lipinski definition) is 3. The van der Waals surface area contributed by atoms with E-state index in [1.165, 1.54) is 5.56 Å². The van der Waals surface area contributed by atoms with Crippen LogP contribution in [0.3, 0.4) is 0 Å². The SMILES string of the molecule is CC(C)c1ccc(OCC(=O)Nc2cc(C3CC3)nn2C2NC(=O)C(C)C(C)N2)cc1. The van der Waals surface area contributed by atoms with Crippen molar-refractivity contribution in [3.8, 4) is 5.75 Å². The molecule has 1 aromatic heterocycles. The average molecular weight is 426 g/mol. The molecule has 1 aliphatic carbocycles. The maximum absolute atomic E-state index is 12.6. The van der Waals surface area contributed by atoms with Gasteiger partial charge in [0.25, 0.3) is 5.91 Å². The van der Waals surface area contributed by atoms with Crippen molar-refractivity contribution in [2.45, 2.75) is 64.7 Å². The van der Waals surface area contributed by atoms with Gasteiger partial charge >= 0.3 is 0 Å². The van der Waals surface area contributed by atoms with Crippen LogP contribution < -0.4 is 20.7 Å². The molecule has 1 aliphatic heterocycles. The maximum Gasteiger partial charge on any atom is 0.263 e. The highest BCUT2D eigenvalue weighted by molar-refractivity contribution is 5.91. The Morgan fingerprint density at radius 1 is 1.26 bits per heavy atom. The third-order valence-corrected chi connectivity index (χ3v) is 6.04. The molecule has 3 unspecified atom stereocenters. The fourth-order valence-corrected chi connectivity index (χ4v) is 3.62. The number of carbonyl (C=O) groups excluding carboxylic acids is 2. The van der Waals surface area contributed by atoms with E-state index in [0.717, 1.165) is 18.5 Å². The molecule has 1 aromatic carbocycles. The van der Waals surface area contributed by atoms with Crippen molar-refractivity contribution < 1.29 is 14.3 Å². The van der Waals surface area contributed by atoms with Gasteiger partial charge in [0, 0.05) is 18.0 Å². The van der Waals surface area contributed by atoms with Gasteiger partial charge in [0.15, 0.2) is 12.9 Å². The van der Waals surface area contributed by atoms with Crippen molar-refractivity contribution in [2.75, 3.05) is 11.9 Å². The molecule has 3 atom stereocenters. The molecule has 8 heteroatoms. The van der Waals surface area contributed by atoms with Crippen molar-refractivity contribution >= 4 is 17.6 Å². The zero-order chi connectivity index (χ0) is 22.1. The quantitative estimate of drug-likeness (QED) is 0.633. The summed E-state index contributed by atoms with van der Waals surface area (Å²) in [6.07, 6.45) is 1.68. The molecule has 0 bridgehead atoms. The molecule has 2 amide bonds. The predicted octanol–water partition coefficient (Wildman–Crippen LogP) is 3.10. The first-order valence-corrected chi connectivity index (χ1v) is 11.0. The Balaban J connectivity index is 1.43. The Morgan fingerprint density at radius 3 is 2.58 bits per heavy atom. The normalized spacial score (nSPS) is 23.5. The molecular formula is C23H31N5O3. The van der Waals surface area contributed by atoms with Crippen molar-refractivity contribution in [3.05, 3.63) is 41.6 Å². The van der Waals surface area contributed by atoms with Crippen molar-refractivity contribution in [1.29, 1.82) is 0 Å². The van der Waals surface area contributed by atoms with E-state index in [1.54, 1.807) is 4.68 Å². The number of amides is 2. The van der Waals surface area contributed by atoms with Crippen LogP contribution in [0.1, 0.15) is 69.9 Å². The zero-order valence-corrected chi connectivity index (χ0v) is 18.5. The second kappa shape index (κ2) is 8.70. The lowest BCUT2D eigenvalue weighted by Gasteiger charge is -2.34. The molecule has 31 heavy (non-hydrogen) atoms. The highest BCUT2D eigenvalue weighted by Crippen LogP contribution is 2.40. The first-order chi connectivity index (χ1) is 14.8. The minimum atomic E-state index is -0.508. The van der Waals surface area contributed by atoms with Gasteiger partial charge in [-0.25, -0.2) is 4.68 Å². The summed E-state index contributed by atoms with van der Waals surface area (Å²) in [6, 6.07) is 9.66. The summed E-state index contributed by atoms with van der Waals surface area (Å²) in [5.41, 5.74) is 2.15. The van der Waals surface area contributed by atoms with Gasteiger partial charge in [-0.05, 0) is 43.4 Å². The van der Waals surface area contributed by atoms with Gasteiger partial charge < -0.3 is 15.4 Å². The summed E-state index contributed by atoms with van der Waals surface area (Å²) in [4.78, 5) is 24.9. The number of rotatable bonds is 7. The molecule has 0 spiro atoms. The molecule has 2 aromatic rings. The smallest absolute Gasteiger partial charge is 0.263 e. The van der Waals surface area contributed by atoms with Crippen LogP contribution >= 0.6 is 0 Å². The van der Waals surface area contributed by atoms with Gasteiger partial charge in [-0.3, -0.25) is 14.9 Å². The molecule has 8 nitrogen and oxygen atoms in total. The molecule has 3 N–H and O–H groups in total. The summed E-state index contributed by atoms with van der Waals surface area (Å²) in [6.45, 7) is 8.01. The van der Waals surface area contributed by atoms with Crippen molar-refractivity contribution in [1.82, 2.24) is 20.4 Å². The van der Waals surface area contributed by atoms with Crippen LogP contribution in [0.5, 0.6) is 5.75 Å². The van der Waals surface area contributed by atoms with E-state index >= 15 is 0 Å². The fraction of sp³-hybridized carbons (Fsp3) is 0.522. The van der Waals surface area contributed by atoms with Crippen LogP contribution in [0.25, 0.3) is 0 Å². The summed E-state index contributed by atoms with van der Waals surface area (Å²) >= 11 is 0. The lowest BCUT2D eigenvalue weighted by molar-refractivity contribution is -0.130. The van der Waals surface area contributed by atoms with Gasteiger partial charge in [0.2, 0.25) is 5.91 Å². The maximum atomic E-state index is 12.6. The second-order valence-corrected chi connectivity index (χ2v) is 8.89. The van der Waals surface area contributed by atoms with Gasteiger partial charge in [-0.15, -0.1) is 0 Å². The summed E-state index contributed by atoms with van der Waals surface area (Å²) in [7, 11) is 0. The Labute approximate surface area is 182 Å². The monoisotopic (exact) mass is 425 g/mol. The summed E-state index contributed by atoms with van der Waals surface area (Å²) < 4.78 is 7.30. The molecule has 2 fully saturated rings. The molecule has 1 saturated heterocycles. The van der Waals surface area contributed by atoms with Gasteiger partial charge in [-0.2, -0.15) is 5.10 Å². The number of hydrogen-bond acceptors (Lipinski definition) is 5. The van der Waals surface area contributed by atoms with E-state index < -0.39 is 6.29 Å². The van der Waals surface area contributed by atoms with Crippen LogP contribution in [0.2, 0.25) is 0 Å². The average Bonchev–Trinajstić information content (AvgIpc) is 3.51. The molecule has 0 radical (unpaired) electrons. The first kappa shape index (κ1) is 21.4. The summed E-state index contributed by atoms with van der Waals surface area (Å²) in [5, 5.41) is 13.9. The number of anilines is 1. The topological polar surface area (TPSA) is 97.3 Å². The predicted molar refractivity (Wildman–Crippen MR) is 118 cm³/mol. The lowest BCUT2D eigenvalue weighted by atomic mass is 10.0. The van der Waals surface area contributed by atoms with E-state index in [4.69, 9.17) is 4.74 Å². The lowest BCUT2D eigenvalue weighted by Crippen LogP contribution is -2.57. The Morgan fingerprint density at radius 2 is 1.97 bits per heavy atom. The van der Waals surface area contributed by atoms with E-state index in [9.17, 15) is 9.59 Å². The van der Waals surface area contributed by atoms with Crippen LogP contribution in [0.15, 0.2) is 30.3 Å². The van der Waals surface area contributed by atoms with Crippen molar-refractivity contribution in [3.63, 3.8) is 0 Å². The van der Waals surface area contributed by atoms with Crippen LogP contribution in [-0.4, -0.2) is 34.2 Å². The van der Waals surface area contributed by atoms with Gasteiger partial charge in [0.1, 0.15) is 11.6 Å². The minimum Gasteiger partial charge on any atom is -0.484 e. The number of carbonyl (C=O) groups is 2. The van der Waals surface area contributed by atoms with Gasteiger partial charge in [0.05, 0.1) is 11.6 Å². The molecule has 166 valence electrons. The molecular weight excluding hydrogens is 394 g/mol. The third kappa shape index (κ3) is 4.90. The summed E-state index contributed by atoms with van der Waals surface area (Å²) in [5.74, 6) is 1.61. The molecule has 4 rings (SSSR count). The van der Waals surface area contributed by atoms with E-state index in [0.29, 0.717) is 23.4 Å². The first-order valence-electron chi connectivity index (χ1n) is 11.0. The number of nitrogens with zero attached hydrogens (tertiary/aromatic N) is 2. The fourth-order valence-electron chi connectivity index (χ4n) is 3.62. The van der Waals surface area contributed by atoms with Crippen LogP contribution in [0.4, 0.5) is 5.82 Å². The molecule has 2 aliphatic rings. The van der Waals surface area contributed by atoms with Crippen LogP contribution in [-0.2, 0) is 9.59 Å². The standard InChI is InChI=1S/C23H31N5O3/c1-13(2)16-7-9-18(10-8-16)31-12-21(29)25-20-11-19(17-5-6-17)27-28(20)23-24-15(4)14(3)22(30)26-23/h7-11,13-15,17,23-24H,5-6,12H2,1-4H3,(H,25,29)(H,26,30). The zero-order valence-electron chi connectivity index (χ0n) is 18.5. The van der Waals surface area contributed by atoms with Crippen LogP contribution in [0, 0.1) is 5.92 Å². The number of ether oxygens (including phenoxy) is 1. The minimum absolute atomic E-state index is 0.00646. The Hall–Kier alpha value is -2.87. The number of benzene rings is 1. The van der Waals surface area contributed by atoms with E-state index in [-0.39, 0.29) is 30.4 Å². The second-order valence-electron chi connectivity index (χ2n) is 8.89. The highest BCUT2D eigenvalue weighted by Gasteiger charge is 2.34. The van der Waals surface area contributed by atoms with Crippen molar-refractivity contribution in [2.24, 2.45) is 5.92 Å². The molecule has 2 heterocycles. The Bertz CT molecular complexity index is 949.